The van der Waals surface area contributed by atoms with E-state index >= 15 is 0 Å². The number of ketones is 1. The van der Waals surface area contributed by atoms with Gasteiger partial charge >= 0.3 is 5.97 Å². The normalized spacial score (nSPS) is 11.1. The number of fused-ring (bicyclic) bond motifs is 1. The molecule has 1 N–H and O–H groups in total. The number of carboxylic acids is 1. The van der Waals surface area contributed by atoms with Crippen molar-refractivity contribution in [2.75, 3.05) is 0 Å². The number of carbonyl (C=O) groups is 2. The molecule has 0 saturated carbocycles. The van der Waals surface area contributed by atoms with Gasteiger partial charge in [0.25, 0.3) is 0 Å². The zero-order valence-corrected chi connectivity index (χ0v) is 16.4. The second-order valence-electron chi connectivity index (χ2n) is 5.64. The van der Waals surface area contributed by atoms with Crippen molar-refractivity contribution in [2.24, 2.45) is 0 Å². The molecule has 0 aliphatic carbocycles. The molecule has 4 aromatic rings. The zero-order valence-electron chi connectivity index (χ0n) is 13.2. The van der Waals surface area contributed by atoms with Crippen LogP contribution in [-0.2, 0) is 6.42 Å². The maximum absolute atomic E-state index is 12.7. The van der Waals surface area contributed by atoms with Crippen LogP contribution in [0.4, 0.5) is 0 Å². The van der Waals surface area contributed by atoms with Crippen molar-refractivity contribution < 1.29 is 14.7 Å². The Bertz CT molecular complexity index is 1090. The molecule has 26 heavy (non-hydrogen) atoms. The standard InChI is InChI=1S/C19H11ClO3S3/c20-12-3-1-10(2-4-12)18-17(19(22)23)11(9-25-18)7-13(21)15-8-16-14(26-15)5-6-24-16/h1-6,8-9H,7H2,(H,22,23). The van der Waals surface area contributed by atoms with Crippen molar-refractivity contribution in [2.45, 2.75) is 6.42 Å². The number of aromatic carboxylic acids is 1. The van der Waals surface area contributed by atoms with Gasteiger partial charge in [0.1, 0.15) is 0 Å². The number of rotatable bonds is 5. The number of hydrogen-bond donors (Lipinski definition) is 1. The van der Waals surface area contributed by atoms with E-state index < -0.39 is 5.97 Å². The Kier molecular flexibility index (Phi) is 4.67. The van der Waals surface area contributed by atoms with E-state index in [4.69, 9.17) is 11.6 Å². The fraction of sp³-hybridized carbons (Fsp3) is 0.0526. The average Bonchev–Trinajstić information content (AvgIpc) is 3.29. The number of thiophene rings is 3. The summed E-state index contributed by atoms with van der Waals surface area (Å²) in [6, 6.07) is 10.9. The molecule has 1 aromatic carbocycles. The molecule has 0 atom stereocenters. The number of carbonyl (C=O) groups excluding carboxylic acids is 1. The molecule has 0 aliphatic rings. The highest BCUT2D eigenvalue weighted by Gasteiger charge is 2.22. The van der Waals surface area contributed by atoms with Crippen LogP contribution in [0.25, 0.3) is 19.8 Å². The monoisotopic (exact) mass is 418 g/mol. The molecule has 0 unspecified atom stereocenters. The molecule has 4 rings (SSSR count). The number of Topliss-reactive ketones (excluding diaryl/α,β-unsaturated/α-hetero) is 1. The van der Waals surface area contributed by atoms with Gasteiger partial charge in [-0.1, -0.05) is 23.7 Å². The van der Waals surface area contributed by atoms with Gasteiger partial charge in [0.2, 0.25) is 0 Å². The third-order valence-electron chi connectivity index (χ3n) is 3.95. The molecule has 0 spiro atoms. The van der Waals surface area contributed by atoms with Gasteiger partial charge in [0, 0.05) is 25.7 Å². The molecule has 0 fully saturated rings. The second kappa shape index (κ2) is 6.96. The summed E-state index contributed by atoms with van der Waals surface area (Å²) >= 11 is 10.3. The smallest absolute Gasteiger partial charge is 0.337 e. The van der Waals surface area contributed by atoms with Crippen molar-refractivity contribution >= 4 is 66.8 Å². The molecule has 3 nitrogen and oxygen atoms in total. The van der Waals surface area contributed by atoms with E-state index in [-0.39, 0.29) is 17.8 Å². The molecule has 7 heteroatoms. The fourth-order valence-electron chi connectivity index (χ4n) is 2.74. The molecule has 0 saturated heterocycles. The van der Waals surface area contributed by atoms with Crippen LogP contribution in [0.15, 0.2) is 47.2 Å². The van der Waals surface area contributed by atoms with Crippen LogP contribution in [0.1, 0.15) is 25.6 Å². The molecule has 130 valence electrons. The number of carboxylic acid groups (broad SMARTS) is 1. The molecule has 0 bridgehead atoms. The highest BCUT2D eigenvalue weighted by atomic mass is 35.5. The lowest BCUT2D eigenvalue weighted by Crippen LogP contribution is -2.06. The third-order valence-corrected chi connectivity index (χ3v) is 7.42. The van der Waals surface area contributed by atoms with E-state index in [9.17, 15) is 14.7 Å². The summed E-state index contributed by atoms with van der Waals surface area (Å²) in [5, 5.41) is 14.0. The second-order valence-corrected chi connectivity index (χ2v) is 8.98. The number of benzene rings is 1. The van der Waals surface area contributed by atoms with Crippen molar-refractivity contribution in [1.29, 1.82) is 0 Å². The van der Waals surface area contributed by atoms with Gasteiger partial charge < -0.3 is 5.11 Å². The Hall–Kier alpha value is -1.99. The number of halogens is 1. The Morgan fingerprint density at radius 1 is 1.04 bits per heavy atom. The molecule has 3 aromatic heterocycles. The van der Waals surface area contributed by atoms with E-state index in [1.807, 2.05) is 17.5 Å². The average molecular weight is 419 g/mol. The largest absolute Gasteiger partial charge is 0.478 e. The summed E-state index contributed by atoms with van der Waals surface area (Å²) in [6.07, 6.45) is 0.0828. The predicted molar refractivity (Wildman–Crippen MR) is 109 cm³/mol. The Morgan fingerprint density at radius 3 is 2.50 bits per heavy atom. The highest BCUT2D eigenvalue weighted by molar-refractivity contribution is 7.27. The molecule has 3 heterocycles. The topological polar surface area (TPSA) is 54.4 Å². The van der Waals surface area contributed by atoms with Crippen molar-refractivity contribution in [1.82, 2.24) is 0 Å². The van der Waals surface area contributed by atoms with Crippen molar-refractivity contribution in [3.05, 3.63) is 68.2 Å². The summed E-state index contributed by atoms with van der Waals surface area (Å²) in [6.45, 7) is 0. The minimum Gasteiger partial charge on any atom is -0.478 e. The van der Waals surface area contributed by atoms with E-state index in [0.29, 0.717) is 20.3 Å². The van der Waals surface area contributed by atoms with Gasteiger partial charge in [0.05, 0.1) is 10.4 Å². The molecular weight excluding hydrogens is 408 g/mol. The quantitative estimate of drug-likeness (QED) is 0.378. The van der Waals surface area contributed by atoms with Crippen LogP contribution in [0.5, 0.6) is 0 Å². The van der Waals surface area contributed by atoms with Gasteiger partial charge in [-0.15, -0.1) is 34.0 Å². The van der Waals surface area contributed by atoms with Gasteiger partial charge in [-0.25, -0.2) is 4.79 Å². The van der Waals surface area contributed by atoms with E-state index in [1.54, 1.807) is 41.0 Å². The first-order valence-electron chi connectivity index (χ1n) is 7.63. The summed E-state index contributed by atoms with van der Waals surface area (Å²) in [5.41, 5.74) is 1.53. The maximum Gasteiger partial charge on any atom is 0.337 e. The van der Waals surface area contributed by atoms with Crippen LogP contribution in [0.2, 0.25) is 5.02 Å². The minimum absolute atomic E-state index is 0.0543. The Balaban J connectivity index is 1.68. The van der Waals surface area contributed by atoms with Crippen LogP contribution in [0.3, 0.4) is 0 Å². The summed E-state index contributed by atoms with van der Waals surface area (Å²) in [4.78, 5) is 25.8. The summed E-state index contributed by atoms with van der Waals surface area (Å²) in [5.74, 6) is -1.08. The summed E-state index contributed by atoms with van der Waals surface area (Å²) in [7, 11) is 0. The van der Waals surface area contributed by atoms with E-state index in [0.717, 1.165) is 15.0 Å². The lowest BCUT2D eigenvalue weighted by molar-refractivity contribution is 0.0697. The minimum atomic E-state index is -1.02. The molecule has 0 radical (unpaired) electrons. The van der Waals surface area contributed by atoms with E-state index in [2.05, 4.69) is 0 Å². The predicted octanol–water partition coefficient (Wildman–Crippen LogP) is 6.47. The van der Waals surface area contributed by atoms with Crippen LogP contribution in [-0.4, -0.2) is 16.9 Å². The van der Waals surface area contributed by atoms with Gasteiger partial charge in [-0.05, 0) is 46.2 Å². The van der Waals surface area contributed by atoms with Gasteiger partial charge in [-0.3, -0.25) is 4.79 Å². The van der Waals surface area contributed by atoms with Crippen LogP contribution in [0, 0.1) is 0 Å². The van der Waals surface area contributed by atoms with Crippen LogP contribution >= 0.6 is 45.6 Å². The van der Waals surface area contributed by atoms with Crippen molar-refractivity contribution in [3.63, 3.8) is 0 Å². The first-order valence-corrected chi connectivity index (χ1v) is 10.6. The lowest BCUT2D eigenvalue weighted by Gasteiger charge is -2.03. The van der Waals surface area contributed by atoms with E-state index in [1.165, 1.54) is 22.7 Å². The van der Waals surface area contributed by atoms with Gasteiger partial charge in [0.15, 0.2) is 5.78 Å². The first-order chi connectivity index (χ1) is 12.5. The van der Waals surface area contributed by atoms with Crippen molar-refractivity contribution in [3.8, 4) is 10.4 Å². The van der Waals surface area contributed by atoms with Gasteiger partial charge in [-0.2, -0.15) is 0 Å². The molecular formula is C19H11ClO3S3. The fourth-order valence-corrected chi connectivity index (χ4v) is 5.98. The zero-order chi connectivity index (χ0) is 18.3. The highest BCUT2D eigenvalue weighted by Crippen LogP contribution is 2.35. The maximum atomic E-state index is 12.7. The molecule has 0 aliphatic heterocycles. The molecule has 0 amide bonds. The summed E-state index contributed by atoms with van der Waals surface area (Å²) < 4.78 is 2.17. The third kappa shape index (κ3) is 3.21. The Labute approximate surface area is 166 Å². The van der Waals surface area contributed by atoms with Crippen LogP contribution < -0.4 is 0 Å². The number of hydrogen-bond acceptors (Lipinski definition) is 5. The SMILES string of the molecule is O=C(Cc1csc(-c2ccc(Cl)cc2)c1C(=O)O)c1cc2sccc2s1. The lowest BCUT2D eigenvalue weighted by atomic mass is 10.0. The first kappa shape index (κ1) is 17.4. The Morgan fingerprint density at radius 2 is 1.81 bits per heavy atom.